The molecule has 11 heavy (non-hydrogen) atoms. The van der Waals surface area contributed by atoms with Crippen molar-refractivity contribution in [3.8, 4) is 0 Å². The van der Waals surface area contributed by atoms with Gasteiger partial charge in [-0.2, -0.15) is 0 Å². The Hall–Kier alpha value is -0.380. The minimum atomic E-state index is 0.298. The Morgan fingerprint density at radius 1 is 1.64 bits per heavy atom. The van der Waals surface area contributed by atoms with Crippen LogP contribution in [0.3, 0.4) is 0 Å². The zero-order chi connectivity index (χ0) is 8.43. The Morgan fingerprint density at radius 3 is 2.73 bits per heavy atom. The third-order valence-electron chi connectivity index (χ3n) is 1.65. The Morgan fingerprint density at radius 2 is 2.27 bits per heavy atom. The molecular formula is C7H14BrN3. The van der Waals surface area contributed by atoms with Gasteiger partial charge in [-0.1, -0.05) is 29.8 Å². The van der Waals surface area contributed by atoms with Gasteiger partial charge in [0.25, 0.3) is 0 Å². The SMILES string of the molecule is CC(C)C1=C(N)NCC(Br)N1. The molecule has 4 N–H and O–H groups in total. The molecule has 3 nitrogen and oxygen atoms in total. The van der Waals surface area contributed by atoms with Gasteiger partial charge in [-0.05, 0) is 5.92 Å². The second-order valence-corrected chi connectivity index (χ2v) is 4.08. The largest absolute Gasteiger partial charge is 0.384 e. The highest BCUT2D eigenvalue weighted by molar-refractivity contribution is 9.09. The first-order chi connectivity index (χ1) is 5.11. The van der Waals surface area contributed by atoms with E-state index in [1.807, 2.05) is 0 Å². The Balaban J connectivity index is 2.71. The maximum atomic E-state index is 5.73. The zero-order valence-corrected chi connectivity index (χ0v) is 8.40. The topological polar surface area (TPSA) is 50.1 Å². The maximum absolute atomic E-state index is 5.73. The number of hydrogen-bond acceptors (Lipinski definition) is 3. The van der Waals surface area contributed by atoms with Gasteiger partial charge in [0.2, 0.25) is 0 Å². The Bertz CT molecular complexity index is 177. The van der Waals surface area contributed by atoms with Crippen LogP contribution in [0.1, 0.15) is 13.8 Å². The summed E-state index contributed by atoms with van der Waals surface area (Å²) in [4.78, 5) is 0.298. The van der Waals surface area contributed by atoms with Gasteiger partial charge in [0.15, 0.2) is 0 Å². The molecule has 4 heteroatoms. The summed E-state index contributed by atoms with van der Waals surface area (Å²) in [6.07, 6.45) is 0. The summed E-state index contributed by atoms with van der Waals surface area (Å²) >= 11 is 3.46. The number of alkyl halides is 1. The van der Waals surface area contributed by atoms with Gasteiger partial charge < -0.3 is 16.4 Å². The van der Waals surface area contributed by atoms with Gasteiger partial charge in [0.05, 0.1) is 10.6 Å². The van der Waals surface area contributed by atoms with Crippen molar-refractivity contribution in [2.24, 2.45) is 11.7 Å². The molecule has 1 heterocycles. The van der Waals surface area contributed by atoms with Crippen molar-refractivity contribution in [3.05, 3.63) is 11.5 Å². The van der Waals surface area contributed by atoms with Gasteiger partial charge in [-0.3, -0.25) is 0 Å². The molecule has 0 spiro atoms. The second kappa shape index (κ2) is 3.34. The average Bonchev–Trinajstić information content (AvgIpc) is 1.94. The van der Waals surface area contributed by atoms with Crippen molar-refractivity contribution in [2.45, 2.75) is 18.8 Å². The van der Waals surface area contributed by atoms with E-state index in [9.17, 15) is 0 Å². The van der Waals surface area contributed by atoms with Crippen molar-refractivity contribution in [1.82, 2.24) is 10.6 Å². The average molecular weight is 220 g/mol. The smallest absolute Gasteiger partial charge is 0.116 e. The lowest BCUT2D eigenvalue weighted by Gasteiger charge is -2.27. The van der Waals surface area contributed by atoms with E-state index in [1.165, 1.54) is 0 Å². The molecule has 1 aliphatic heterocycles. The molecule has 1 aliphatic rings. The van der Waals surface area contributed by atoms with Crippen LogP contribution in [0, 0.1) is 5.92 Å². The van der Waals surface area contributed by atoms with Crippen molar-refractivity contribution >= 4 is 15.9 Å². The molecular weight excluding hydrogens is 206 g/mol. The first kappa shape index (κ1) is 8.71. The zero-order valence-electron chi connectivity index (χ0n) is 6.82. The third-order valence-corrected chi connectivity index (χ3v) is 2.20. The van der Waals surface area contributed by atoms with Crippen LogP contribution in [0.4, 0.5) is 0 Å². The maximum Gasteiger partial charge on any atom is 0.116 e. The molecule has 1 atom stereocenters. The van der Waals surface area contributed by atoms with Crippen LogP contribution in [0.25, 0.3) is 0 Å². The summed E-state index contributed by atoms with van der Waals surface area (Å²) in [6.45, 7) is 5.06. The highest BCUT2D eigenvalue weighted by Crippen LogP contribution is 2.13. The molecule has 0 aromatic rings. The van der Waals surface area contributed by atoms with Gasteiger partial charge in [0, 0.05) is 6.54 Å². The Labute approximate surface area is 75.5 Å². The first-order valence-electron chi connectivity index (χ1n) is 3.75. The van der Waals surface area contributed by atoms with Crippen molar-refractivity contribution in [3.63, 3.8) is 0 Å². The highest BCUT2D eigenvalue weighted by Gasteiger charge is 2.17. The van der Waals surface area contributed by atoms with E-state index in [-0.39, 0.29) is 0 Å². The lowest BCUT2D eigenvalue weighted by atomic mass is 10.1. The van der Waals surface area contributed by atoms with Crippen molar-refractivity contribution < 1.29 is 0 Å². The summed E-state index contributed by atoms with van der Waals surface area (Å²) in [6, 6.07) is 0. The predicted molar refractivity (Wildman–Crippen MR) is 49.9 cm³/mol. The molecule has 0 saturated carbocycles. The van der Waals surface area contributed by atoms with E-state index in [4.69, 9.17) is 5.73 Å². The summed E-state index contributed by atoms with van der Waals surface area (Å²) in [5.41, 5.74) is 6.82. The summed E-state index contributed by atoms with van der Waals surface area (Å²) in [5.74, 6) is 1.22. The van der Waals surface area contributed by atoms with Gasteiger partial charge in [-0.15, -0.1) is 0 Å². The van der Waals surface area contributed by atoms with Crippen LogP contribution in [0.15, 0.2) is 11.5 Å². The Kier molecular flexibility index (Phi) is 2.65. The quantitative estimate of drug-likeness (QED) is 0.450. The first-order valence-corrected chi connectivity index (χ1v) is 4.67. The number of rotatable bonds is 1. The van der Waals surface area contributed by atoms with E-state index < -0.39 is 0 Å². The number of allylic oxidation sites excluding steroid dienone is 1. The van der Waals surface area contributed by atoms with Gasteiger partial charge in [0.1, 0.15) is 5.82 Å². The fraction of sp³-hybridized carbons (Fsp3) is 0.714. The van der Waals surface area contributed by atoms with E-state index in [2.05, 4.69) is 40.4 Å². The molecule has 1 unspecified atom stereocenters. The molecule has 1 rings (SSSR count). The molecule has 64 valence electrons. The number of hydrogen-bond donors (Lipinski definition) is 3. The standard InChI is InChI=1S/C7H14BrN3/c1-4(2)6-7(9)10-3-5(8)11-6/h4-5,10-11H,3,9H2,1-2H3. The van der Waals surface area contributed by atoms with Crippen molar-refractivity contribution in [2.75, 3.05) is 6.54 Å². The highest BCUT2D eigenvalue weighted by atomic mass is 79.9. The van der Waals surface area contributed by atoms with Crippen LogP contribution in [-0.4, -0.2) is 11.5 Å². The van der Waals surface area contributed by atoms with Crippen LogP contribution < -0.4 is 16.4 Å². The summed E-state index contributed by atoms with van der Waals surface area (Å²) < 4.78 is 0. The minimum absolute atomic E-state index is 0.298. The summed E-state index contributed by atoms with van der Waals surface area (Å²) in [5, 5.41) is 6.39. The molecule has 0 aromatic heterocycles. The third kappa shape index (κ3) is 2.02. The molecule has 0 bridgehead atoms. The lowest BCUT2D eigenvalue weighted by Crippen LogP contribution is -2.44. The van der Waals surface area contributed by atoms with Gasteiger partial charge in [-0.25, -0.2) is 0 Å². The van der Waals surface area contributed by atoms with Crippen molar-refractivity contribution in [1.29, 1.82) is 0 Å². The van der Waals surface area contributed by atoms with E-state index in [0.29, 0.717) is 10.9 Å². The van der Waals surface area contributed by atoms with Gasteiger partial charge >= 0.3 is 0 Å². The predicted octanol–water partition coefficient (Wildman–Crippen LogP) is 0.684. The second-order valence-electron chi connectivity index (χ2n) is 2.97. The minimum Gasteiger partial charge on any atom is -0.384 e. The van der Waals surface area contributed by atoms with Crippen LogP contribution in [-0.2, 0) is 0 Å². The number of nitrogens with one attached hydrogen (secondary N) is 2. The van der Waals surface area contributed by atoms with E-state index in [0.717, 1.165) is 18.1 Å². The monoisotopic (exact) mass is 219 g/mol. The fourth-order valence-corrected chi connectivity index (χ4v) is 1.48. The number of halogens is 1. The fourth-order valence-electron chi connectivity index (χ4n) is 1.07. The molecule has 0 aromatic carbocycles. The molecule has 0 fully saturated rings. The molecule has 0 saturated heterocycles. The van der Waals surface area contributed by atoms with E-state index >= 15 is 0 Å². The molecule has 0 aliphatic carbocycles. The van der Waals surface area contributed by atoms with Crippen LogP contribution in [0.2, 0.25) is 0 Å². The van der Waals surface area contributed by atoms with Crippen LogP contribution >= 0.6 is 15.9 Å². The normalized spacial score (nSPS) is 24.9. The molecule has 0 amide bonds. The molecule has 0 radical (unpaired) electrons. The summed E-state index contributed by atoms with van der Waals surface area (Å²) in [7, 11) is 0. The van der Waals surface area contributed by atoms with E-state index in [1.54, 1.807) is 0 Å². The van der Waals surface area contributed by atoms with Crippen LogP contribution in [0.5, 0.6) is 0 Å². The lowest BCUT2D eigenvalue weighted by molar-refractivity contribution is 0.548. The number of nitrogens with two attached hydrogens (primary N) is 1.